The van der Waals surface area contributed by atoms with Crippen LogP contribution >= 0.6 is 0 Å². The molecule has 0 saturated carbocycles. The van der Waals surface area contributed by atoms with E-state index < -0.39 is 6.23 Å². The van der Waals surface area contributed by atoms with Gasteiger partial charge in [0.25, 0.3) is 0 Å². The first-order valence-electron chi connectivity index (χ1n) is 14.1. The number of imidazole rings is 2. The fraction of sp³-hybridized carbons (Fsp3) is 0.0294. The van der Waals surface area contributed by atoms with E-state index in [4.69, 9.17) is 14.8 Å². The number of hydrogen-bond acceptors (Lipinski definition) is 4. The van der Waals surface area contributed by atoms with Crippen LogP contribution in [0.2, 0.25) is 0 Å². The van der Waals surface area contributed by atoms with E-state index >= 15 is 0 Å². The lowest BCUT2D eigenvalue weighted by Crippen LogP contribution is -2.23. The summed E-state index contributed by atoms with van der Waals surface area (Å²) >= 11 is 0. The van der Waals surface area contributed by atoms with Crippen LogP contribution in [-0.2, 0) is 0 Å². The Morgan fingerprint density at radius 2 is 1.51 bits per heavy atom. The monoisotopic (exact) mass is 560 g/mol. The molecular formula is C34H24N8O. The van der Waals surface area contributed by atoms with Crippen molar-refractivity contribution in [3.63, 3.8) is 0 Å². The highest BCUT2D eigenvalue weighted by molar-refractivity contribution is 5.85. The van der Waals surface area contributed by atoms with Crippen molar-refractivity contribution >= 4 is 11.0 Å². The first-order chi connectivity index (χ1) is 21.3. The van der Waals surface area contributed by atoms with Crippen molar-refractivity contribution in [2.75, 3.05) is 0 Å². The zero-order chi connectivity index (χ0) is 28.3. The van der Waals surface area contributed by atoms with Crippen LogP contribution in [0.5, 0.6) is 5.75 Å². The van der Waals surface area contributed by atoms with Crippen LogP contribution in [0.4, 0.5) is 0 Å². The van der Waals surface area contributed by atoms with Gasteiger partial charge in [0.1, 0.15) is 5.75 Å². The molecule has 9 nitrogen and oxygen atoms in total. The Bertz CT molecular complexity index is 2220. The smallest absolute Gasteiger partial charge is 0.218 e. The summed E-state index contributed by atoms with van der Waals surface area (Å²) in [6, 6.07) is 32.7. The van der Waals surface area contributed by atoms with Gasteiger partial charge < -0.3 is 24.7 Å². The van der Waals surface area contributed by atoms with E-state index in [1.807, 2.05) is 71.8 Å². The summed E-state index contributed by atoms with van der Waals surface area (Å²) in [5, 5.41) is 5.09. The number of aromatic nitrogens is 8. The van der Waals surface area contributed by atoms with Gasteiger partial charge in [0.2, 0.25) is 6.23 Å². The molecule has 0 fully saturated rings. The molecule has 1 aliphatic rings. The van der Waals surface area contributed by atoms with E-state index in [9.17, 15) is 0 Å². The van der Waals surface area contributed by atoms with Crippen molar-refractivity contribution < 1.29 is 4.74 Å². The molecule has 0 radical (unpaired) electrons. The molecule has 1 atom stereocenters. The Hall–Kier alpha value is -6.09. The molecule has 8 aromatic rings. The van der Waals surface area contributed by atoms with Gasteiger partial charge in [-0.1, -0.05) is 42.5 Å². The molecule has 43 heavy (non-hydrogen) atoms. The Morgan fingerprint density at radius 3 is 2.33 bits per heavy atom. The maximum Gasteiger partial charge on any atom is 0.218 e. The molecule has 206 valence electrons. The highest BCUT2D eigenvalue weighted by Gasteiger charge is 2.30. The molecule has 0 bridgehead atoms. The number of aromatic amines is 4. The topological polar surface area (TPSA) is 116 Å². The number of nitrogens with one attached hydrogen (secondary N) is 4. The summed E-state index contributed by atoms with van der Waals surface area (Å²) in [5.74, 6) is 2.39. The normalized spacial score (nSPS) is 14.0. The Balaban J connectivity index is 1.14. The molecular weight excluding hydrogens is 536 g/mol. The van der Waals surface area contributed by atoms with E-state index in [-0.39, 0.29) is 0 Å². The van der Waals surface area contributed by atoms with Crippen LogP contribution in [0.1, 0.15) is 11.8 Å². The second kappa shape index (κ2) is 9.22. The van der Waals surface area contributed by atoms with Gasteiger partial charge in [0.15, 0.2) is 11.6 Å². The lowest BCUT2D eigenvalue weighted by molar-refractivity contribution is 0.154. The third-order valence-corrected chi connectivity index (χ3v) is 7.91. The summed E-state index contributed by atoms with van der Waals surface area (Å²) in [6.45, 7) is 0. The average molecular weight is 561 g/mol. The maximum atomic E-state index is 6.69. The van der Waals surface area contributed by atoms with E-state index in [0.717, 1.165) is 79.2 Å². The lowest BCUT2D eigenvalue weighted by Gasteiger charge is -2.28. The van der Waals surface area contributed by atoms with Crippen LogP contribution in [-0.4, -0.2) is 39.7 Å². The highest BCUT2D eigenvalue weighted by Crippen LogP contribution is 2.43. The van der Waals surface area contributed by atoms with Gasteiger partial charge >= 0.3 is 0 Å². The van der Waals surface area contributed by atoms with E-state index in [0.29, 0.717) is 0 Å². The van der Waals surface area contributed by atoms with Gasteiger partial charge in [-0.05, 0) is 54.6 Å². The predicted octanol–water partition coefficient (Wildman–Crippen LogP) is 7.41. The van der Waals surface area contributed by atoms with Crippen molar-refractivity contribution in [3.8, 4) is 62.6 Å². The number of ether oxygens (including phenoxy) is 1. The van der Waals surface area contributed by atoms with Gasteiger partial charge in [-0.2, -0.15) is 5.10 Å². The van der Waals surface area contributed by atoms with Crippen LogP contribution in [0.3, 0.4) is 0 Å². The minimum atomic E-state index is -0.417. The number of fused-ring (bicyclic) bond motifs is 4. The first-order valence-corrected chi connectivity index (χ1v) is 14.1. The van der Waals surface area contributed by atoms with Gasteiger partial charge in [-0.25, -0.2) is 14.6 Å². The van der Waals surface area contributed by atoms with Crippen molar-refractivity contribution in [3.05, 3.63) is 121 Å². The third kappa shape index (κ3) is 3.90. The summed E-state index contributed by atoms with van der Waals surface area (Å²) in [5.41, 5.74) is 10.5. The zero-order valence-corrected chi connectivity index (χ0v) is 22.7. The minimum absolute atomic E-state index is 0.417. The zero-order valence-electron chi connectivity index (χ0n) is 22.7. The molecule has 3 aromatic carbocycles. The van der Waals surface area contributed by atoms with Crippen LogP contribution in [0.15, 0.2) is 116 Å². The number of nitrogens with zero attached hydrogens (tertiary/aromatic N) is 4. The molecule has 4 N–H and O–H groups in total. The van der Waals surface area contributed by atoms with Crippen molar-refractivity contribution in [2.45, 2.75) is 6.23 Å². The molecule has 0 saturated heterocycles. The molecule has 9 heteroatoms. The molecule has 0 aliphatic carbocycles. The molecule has 0 unspecified atom stereocenters. The molecule has 0 amide bonds. The number of hydrogen-bond donors (Lipinski definition) is 4. The van der Waals surface area contributed by atoms with Crippen LogP contribution < -0.4 is 4.74 Å². The average Bonchev–Trinajstić information content (AvgIpc) is 3.89. The van der Waals surface area contributed by atoms with Gasteiger partial charge in [0, 0.05) is 34.6 Å². The number of benzene rings is 3. The van der Waals surface area contributed by atoms with E-state index in [1.165, 1.54) is 0 Å². The standard InChI is InChI=1S/C34H24N8O/c1-2-6-20(7-3-1)34-42-30(18-27(41-42)21-11-13-24-28(16-21)39-33(38-24)26-9-5-15-36-26)23-12-10-22(17-31(23)43-34)29-19-37-32(40-29)25-8-4-14-35-25/h1-19,34-36H,(H,37,40)(H,38,39)/t34-/m0/s1. The van der Waals surface area contributed by atoms with Gasteiger partial charge in [-0.3, -0.25) is 0 Å². The number of H-pyrrole nitrogens is 4. The third-order valence-electron chi connectivity index (χ3n) is 7.91. The van der Waals surface area contributed by atoms with Gasteiger partial charge in [-0.15, -0.1) is 0 Å². The van der Waals surface area contributed by atoms with E-state index in [1.54, 1.807) is 0 Å². The molecule has 5 aromatic heterocycles. The lowest BCUT2D eigenvalue weighted by atomic mass is 10.0. The second-order valence-electron chi connectivity index (χ2n) is 10.6. The van der Waals surface area contributed by atoms with E-state index in [2.05, 4.69) is 73.5 Å². The SMILES string of the molecule is c1ccc([C@@H]2Oc3cc(-c4cnc(-c5ccc[nH]5)[nH]4)ccc3-c3cc(-c4ccc5nc(-c6ccc[nH]6)[nH]c5c4)nn32)cc1. The fourth-order valence-electron chi connectivity index (χ4n) is 5.77. The Morgan fingerprint density at radius 1 is 0.698 bits per heavy atom. The molecule has 0 spiro atoms. The highest BCUT2D eigenvalue weighted by atomic mass is 16.5. The number of rotatable bonds is 5. The summed E-state index contributed by atoms with van der Waals surface area (Å²) in [4.78, 5) is 22.6. The quantitative estimate of drug-likeness (QED) is 0.175. The molecule has 6 heterocycles. The predicted molar refractivity (Wildman–Crippen MR) is 165 cm³/mol. The Labute approximate surface area is 245 Å². The minimum Gasteiger partial charge on any atom is -0.464 e. The van der Waals surface area contributed by atoms with Gasteiger partial charge in [0.05, 0.1) is 45.7 Å². The Kier molecular flexibility index (Phi) is 5.06. The first kappa shape index (κ1) is 23.6. The summed E-state index contributed by atoms with van der Waals surface area (Å²) in [6.07, 6.45) is 5.22. The van der Waals surface area contributed by atoms with Crippen molar-refractivity contribution in [1.82, 2.24) is 39.7 Å². The molecule has 1 aliphatic heterocycles. The van der Waals surface area contributed by atoms with Crippen molar-refractivity contribution in [1.29, 1.82) is 0 Å². The summed E-state index contributed by atoms with van der Waals surface area (Å²) < 4.78 is 8.67. The second-order valence-corrected chi connectivity index (χ2v) is 10.6. The fourth-order valence-corrected chi connectivity index (χ4v) is 5.77. The molecule has 9 rings (SSSR count). The van der Waals surface area contributed by atoms with Crippen LogP contribution in [0, 0.1) is 0 Å². The van der Waals surface area contributed by atoms with Crippen molar-refractivity contribution in [2.24, 2.45) is 0 Å². The van der Waals surface area contributed by atoms with Crippen LogP contribution in [0.25, 0.3) is 67.8 Å². The maximum absolute atomic E-state index is 6.69. The summed E-state index contributed by atoms with van der Waals surface area (Å²) in [7, 11) is 0. The largest absolute Gasteiger partial charge is 0.464 e.